The number of piperazine rings is 1. The summed E-state index contributed by atoms with van der Waals surface area (Å²) in [5, 5.41) is 0. The van der Waals surface area contributed by atoms with Crippen LogP contribution in [0.25, 0.3) is 0 Å². The second-order valence-corrected chi connectivity index (χ2v) is 8.13. The molecule has 0 bridgehead atoms. The molecule has 3 aliphatic rings. The zero-order valence-corrected chi connectivity index (χ0v) is 17.9. The maximum atomic E-state index is 14.2. The van der Waals surface area contributed by atoms with Gasteiger partial charge >= 0.3 is 0 Å². The Hall–Kier alpha value is -2.86. The van der Waals surface area contributed by atoms with E-state index in [1.54, 1.807) is 37.6 Å². The van der Waals surface area contributed by atoms with E-state index in [0.717, 1.165) is 62.8 Å². The molecular formula is C25H29FN2O3. The largest absolute Gasteiger partial charge is 0.456 e. The molecule has 0 amide bonds. The van der Waals surface area contributed by atoms with E-state index in [1.807, 2.05) is 6.08 Å². The first kappa shape index (κ1) is 21.4. The summed E-state index contributed by atoms with van der Waals surface area (Å²) < 4.78 is 25.8. The van der Waals surface area contributed by atoms with Gasteiger partial charge in [0.15, 0.2) is 12.0 Å². The minimum absolute atomic E-state index is 0.00723. The molecule has 1 atom stereocenters. The minimum Gasteiger partial charge on any atom is -0.456 e. The third-order valence-electron chi connectivity index (χ3n) is 6.09. The van der Waals surface area contributed by atoms with Crippen molar-refractivity contribution >= 4 is 5.78 Å². The van der Waals surface area contributed by atoms with Gasteiger partial charge in [0.05, 0.1) is 0 Å². The first-order valence-corrected chi connectivity index (χ1v) is 10.9. The summed E-state index contributed by atoms with van der Waals surface area (Å²) in [7, 11) is 0. The van der Waals surface area contributed by atoms with E-state index in [4.69, 9.17) is 9.47 Å². The lowest BCUT2D eigenvalue weighted by molar-refractivity contribution is -0.118. The van der Waals surface area contributed by atoms with Crippen LogP contribution in [0, 0.1) is 5.82 Å². The van der Waals surface area contributed by atoms with Gasteiger partial charge in [0.2, 0.25) is 5.88 Å². The quantitative estimate of drug-likeness (QED) is 0.646. The number of benzene rings is 1. The molecule has 0 saturated carbocycles. The fourth-order valence-electron chi connectivity index (χ4n) is 4.23. The molecule has 0 radical (unpaired) electrons. The summed E-state index contributed by atoms with van der Waals surface area (Å²) in [4.78, 5) is 16.6. The van der Waals surface area contributed by atoms with Crippen LogP contribution in [0.5, 0.6) is 0 Å². The average molecular weight is 425 g/mol. The van der Waals surface area contributed by atoms with Gasteiger partial charge in [-0.2, -0.15) is 0 Å². The molecule has 31 heavy (non-hydrogen) atoms. The zero-order chi connectivity index (χ0) is 21.6. The number of halogens is 1. The van der Waals surface area contributed by atoms with Gasteiger partial charge in [-0.05, 0) is 49.9 Å². The number of hydrogen-bond acceptors (Lipinski definition) is 5. The summed E-state index contributed by atoms with van der Waals surface area (Å²) in [6, 6.07) is 6.58. The number of Topliss-reactive ketones (excluding diaryl/α,β-unsaturated/α-hetero) is 1. The van der Waals surface area contributed by atoms with E-state index in [0.29, 0.717) is 12.0 Å². The second-order valence-electron chi connectivity index (χ2n) is 8.13. The van der Waals surface area contributed by atoms with Gasteiger partial charge in [0.1, 0.15) is 17.9 Å². The van der Waals surface area contributed by atoms with Gasteiger partial charge in [0, 0.05) is 32.1 Å². The van der Waals surface area contributed by atoms with Crippen LogP contribution in [0.3, 0.4) is 0 Å². The molecule has 0 aromatic heterocycles. The molecule has 5 nitrogen and oxygen atoms in total. The Bertz CT molecular complexity index is 926. The first-order valence-electron chi connectivity index (χ1n) is 10.9. The molecular weight excluding hydrogens is 395 g/mol. The van der Waals surface area contributed by atoms with Crippen LogP contribution in [0.15, 0.2) is 72.2 Å². The highest BCUT2D eigenvalue weighted by Gasteiger charge is 2.25. The van der Waals surface area contributed by atoms with Crippen molar-refractivity contribution in [2.24, 2.45) is 0 Å². The molecule has 1 saturated heterocycles. The van der Waals surface area contributed by atoms with Gasteiger partial charge in [-0.15, -0.1) is 0 Å². The van der Waals surface area contributed by atoms with Crippen molar-refractivity contribution in [3.63, 3.8) is 0 Å². The van der Waals surface area contributed by atoms with E-state index >= 15 is 0 Å². The average Bonchev–Trinajstić information content (AvgIpc) is 2.81. The minimum atomic E-state index is -0.399. The number of carbonyl (C=O) groups is 1. The van der Waals surface area contributed by atoms with Crippen LogP contribution < -0.4 is 0 Å². The van der Waals surface area contributed by atoms with E-state index < -0.39 is 5.92 Å². The Morgan fingerprint density at radius 1 is 1.13 bits per heavy atom. The standard InChI is InChI=1S/C25H29FN2O3/c1-19(29)21(22-9-5-6-10-23(22)26)11-12-27-13-15-28(16-14-27)25-18-30-24(17-31-25)20-7-3-2-4-8-20/h2-3,5-7,9-10,17-18,21H,4,8,11-16H2,1H3. The second kappa shape index (κ2) is 9.96. The highest BCUT2D eigenvalue weighted by molar-refractivity contribution is 5.83. The molecule has 4 rings (SSSR count). The van der Waals surface area contributed by atoms with Crippen LogP contribution in [0.4, 0.5) is 4.39 Å². The summed E-state index contributed by atoms with van der Waals surface area (Å²) >= 11 is 0. The van der Waals surface area contributed by atoms with E-state index in [1.165, 1.54) is 6.07 Å². The number of hydrogen-bond donors (Lipinski definition) is 0. The Balaban J connectivity index is 1.26. The molecule has 0 N–H and O–H groups in total. The maximum absolute atomic E-state index is 14.2. The van der Waals surface area contributed by atoms with Crippen LogP contribution in [0.2, 0.25) is 0 Å². The predicted molar refractivity (Wildman–Crippen MR) is 117 cm³/mol. The molecule has 1 aromatic rings. The van der Waals surface area contributed by atoms with Crippen molar-refractivity contribution in [3.8, 4) is 0 Å². The van der Waals surface area contributed by atoms with Crippen molar-refractivity contribution in [1.82, 2.24) is 9.80 Å². The molecule has 2 aliphatic heterocycles. The Morgan fingerprint density at radius 3 is 2.58 bits per heavy atom. The van der Waals surface area contributed by atoms with Crippen molar-refractivity contribution < 1.29 is 18.7 Å². The summed E-state index contributed by atoms with van der Waals surface area (Å²) in [5.74, 6) is 0.803. The van der Waals surface area contributed by atoms with Crippen LogP contribution in [-0.4, -0.2) is 48.3 Å². The summed E-state index contributed by atoms with van der Waals surface area (Å²) in [5.41, 5.74) is 1.65. The molecule has 1 aromatic carbocycles. The summed E-state index contributed by atoms with van der Waals surface area (Å²) in [6.07, 6.45) is 12.2. The predicted octanol–water partition coefficient (Wildman–Crippen LogP) is 4.47. The molecule has 0 spiro atoms. The molecule has 164 valence electrons. The lowest BCUT2D eigenvalue weighted by atomic mass is 9.91. The fourth-order valence-corrected chi connectivity index (χ4v) is 4.23. The fraction of sp³-hybridized carbons (Fsp3) is 0.400. The van der Waals surface area contributed by atoms with Crippen LogP contribution >= 0.6 is 0 Å². The third-order valence-corrected chi connectivity index (χ3v) is 6.09. The smallest absolute Gasteiger partial charge is 0.231 e. The topological polar surface area (TPSA) is 42.0 Å². The highest BCUT2D eigenvalue weighted by atomic mass is 19.1. The van der Waals surface area contributed by atoms with Gasteiger partial charge < -0.3 is 14.4 Å². The molecule has 1 fully saturated rings. The number of allylic oxidation sites excluding steroid dienone is 4. The third kappa shape index (κ3) is 5.25. The molecule has 2 heterocycles. The lowest BCUT2D eigenvalue weighted by Crippen LogP contribution is -2.46. The molecule has 1 unspecified atom stereocenters. The van der Waals surface area contributed by atoms with E-state index in [2.05, 4.69) is 22.0 Å². The van der Waals surface area contributed by atoms with E-state index in [9.17, 15) is 9.18 Å². The van der Waals surface area contributed by atoms with Crippen molar-refractivity contribution in [2.45, 2.75) is 32.1 Å². The molecule has 6 heteroatoms. The van der Waals surface area contributed by atoms with Crippen LogP contribution in [-0.2, 0) is 14.3 Å². The van der Waals surface area contributed by atoms with Crippen molar-refractivity contribution in [3.05, 3.63) is 83.6 Å². The van der Waals surface area contributed by atoms with Gasteiger partial charge in [-0.3, -0.25) is 9.69 Å². The Kier molecular flexibility index (Phi) is 6.87. The van der Waals surface area contributed by atoms with Crippen molar-refractivity contribution in [1.29, 1.82) is 0 Å². The lowest BCUT2D eigenvalue weighted by Gasteiger charge is -2.37. The summed E-state index contributed by atoms with van der Waals surface area (Å²) in [6.45, 7) is 5.64. The normalized spacial score (nSPS) is 20.2. The highest BCUT2D eigenvalue weighted by Crippen LogP contribution is 2.27. The number of carbonyl (C=O) groups excluding carboxylic acids is 1. The van der Waals surface area contributed by atoms with E-state index in [-0.39, 0.29) is 11.6 Å². The number of ketones is 1. The number of ether oxygens (including phenoxy) is 2. The first-order chi connectivity index (χ1) is 15.1. The Labute approximate surface area is 183 Å². The van der Waals surface area contributed by atoms with Gasteiger partial charge in [0.25, 0.3) is 0 Å². The SMILES string of the molecule is CC(=O)C(CCN1CCN(C2=COC(C3=CC=CCC3)=CO2)CC1)c1ccccc1F. The van der Waals surface area contributed by atoms with Gasteiger partial charge in [-0.25, -0.2) is 4.39 Å². The van der Waals surface area contributed by atoms with Gasteiger partial charge in [-0.1, -0.05) is 36.4 Å². The number of nitrogens with zero attached hydrogens (tertiary/aromatic N) is 2. The van der Waals surface area contributed by atoms with Crippen molar-refractivity contribution in [2.75, 3.05) is 32.7 Å². The molecule has 1 aliphatic carbocycles. The Morgan fingerprint density at radius 2 is 1.94 bits per heavy atom. The zero-order valence-electron chi connectivity index (χ0n) is 17.9. The maximum Gasteiger partial charge on any atom is 0.231 e. The van der Waals surface area contributed by atoms with Crippen LogP contribution in [0.1, 0.15) is 37.7 Å². The number of rotatable bonds is 7. The monoisotopic (exact) mass is 424 g/mol.